The molecule has 0 radical (unpaired) electrons. The minimum atomic E-state index is -0.441. The Bertz CT molecular complexity index is 801. The van der Waals surface area contributed by atoms with E-state index in [-0.39, 0.29) is 22.5 Å². The Hall–Kier alpha value is -1.57. The second-order valence-corrected chi connectivity index (χ2v) is 8.20. The zero-order valence-electron chi connectivity index (χ0n) is 13.0. The Morgan fingerprint density at radius 3 is 2.88 bits per heavy atom. The van der Waals surface area contributed by atoms with E-state index in [9.17, 15) is 9.18 Å². The fourth-order valence-electron chi connectivity index (χ4n) is 2.61. The van der Waals surface area contributed by atoms with Crippen LogP contribution in [0, 0.1) is 5.82 Å². The third-order valence-corrected chi connectivity index (χ3v) is 5.29. The molecule has 0 bridgehead atoms. The van der Waals surface area contributed by atoms with Gasteiger partial charge in [-0.2, -0.15) is 0 Å². The van der Waals surface area contributed by atoms with Crippen LogP contribution in [0.15, 0.2) is 24.4 Å². The number of halogens is 2. The molecule has 2 aromatic rings. The van der Waals surface area contributed by atoms with Gasteiger partial charge in [-0.3, -0.25) is 4.79 Å². The Labute approximate surface area is 153 Å². The summed E-state index contributed by atoms with van der Waals surface area (Å²) in [6, 6.07) is 3.98. The van der Waals surface area contributed by atoms with Crippen molar-refractivity contribution >= 4 is 46.1 Å². The summed E-state index contributed by atoms with van der Waals surface area (Å²) in [7, 11) is 0. The number of hydrogen-bond acceptors (Lipinski definition) is 4. The van der Waals surface area contributed by atoms with E-state index in [1.165, 1.54) is 29.7 Å². The molecule has 2 heterocycles. The number of nitrogens with zero attached hydrogens (tertiary/aromatic N) is 1. The van der Waals surface area contributed by atoms with Crippen LogP contribution in [0.25, 0.3) is 10.6 Å². The molecule has 1 unspecified atom stereocenters. The Kier molecular flexibility index (Phi) is 4.59. The third-order valence-electron chi connectivity index (χ3n) is 3.64. The number of thiocarbonyl (C=S) groups is 1. The van der Waals surface area contributed by atoms with E-state index < -0.39 is 5.82 Å². The number of hydrogen-bond donors (Lipinski definition) is 2. The lowest BCUT2D eigenvalue weighted by Gasteiger charge is -2.16. The van der Waals surface area contributed by atoms with E-state index in [1.54, 1.807) is 6.07 Å². The standard InChI is InChI=1S/C16H15ClFN3OS2/c1-16(2)6-11(14(23)21-16)20-13(22)12-7-19-15(24-12)8-3-9(17)5-10(18)4-8/h3-5,7,11H,6H2,1-2H3,(H,20,22)(H,21,23). The van der Waals surface area contributed by atoms with Gasteiger partial charge in [-0.1, -0.05) is 23.8 Å². The first-order chi connectivity index (χ1) is 11.2. The molecule has 1 amide bonds. The molecule has 24 heavy (non-hydrogen) atoms. The Balaban J connectivity index is 1.76. The quantitative estimate of drug-likeness (QED) is 0.791. The van der Waals surface area contributed by atoms with Crippen molar-refractivity contribution in [3.8, 4) is 10.6 Å². The predicted octanol–water partition coefficient (Wildman–Crippen LogP) is 3.80. The molecule has 2 N–H and O–H groups in total. The molecule has 3 rings (SSSR count). The summed E-state index contributed by atoms with van der Waals surface area (Å²) in [4.78, 5) is 17.7. The zero-order chi connectivity index (χ0) is 17.5. The Morgan fingerprint density at radius 1 is 1.50 bits per heavy atom. The SMILES string of the molecule is CC1(C)CC(NC(=O)c2cnc(-c3cc(F)cc(Cl)c3)s2)C(=S)N1. The van der Waals surface area contributed by atoms with Crippen molar-refractivity contribution < 1.29 is 9.18 Å². The second kappa shape index (κ2) is 6.38. The van der Waals surface area contributed by atoms with E-state index in [0.717, 1.165) is 6.42 Å². The lowest BCUT2D eigenvalue weighted by molar-refractivity contribution is 0.0950. The van der Waals surface area contributed by atoms with Crippen LogP contribution >= 0.6 is 35.2 Å². The van der Waals surface area contributed by atoms with Gasteiger partial charge >= 0.3 is 0 Å². The van der Waals surface area contributed by atoms with Gasteiger partial charge in [0.15, 0.2) is 0 Å². The zero-order valence-corrected chi connectivity index (χ0v) is 15.4. The summed E-state index contributed by atoms with van der Waals surface area (Å²) in [6.07, 6.45) is 2.20. The van der Waals surface area contributed by atoms with Gasteiger partial charge in [0.25, 0.3) is 5.91 Å². The van der Waals surface area contributed by atoms with Crippen molar-refractivity contribution in [2.75, 3.05) is 0 Å². The van der Waals surface area contributed by atoms with Crippen LogP contribution in [0.2, 0.25) is 5.02 Å². The molecular formula is C16H15ClFN3OS2. The smallest absolute Gasteiger partial charge is 0.263 e. The number of benzene rings is 1. The molecule has 4 nitrogen and oxygen atoms in total. The minimum absolute atomic E-state index is 0.133. The number of amides is 1. The molecule has 1 aliphatic rings. The number of carbonyl (C=O) groups excluding carboxylic acids is 1. The summed E-state index contributed by atoms with van der Waals surface area (Å²) in [5.41, 5.74) is 0.412. The lowest BCUT2D eigenvalue weighted by atomic mass is 10.0. The highest BCUT2D eigenvalue weighted by Gasteiger charge is 2.35. The van der Waals surface area contributed by atoms with Crippen molar-refractivity contribution in [3.63, 3.8) is 0 Å². The Morgan fingerprint density at radius 2 is 2.25 bits per heavy atom. The summed E-state index contributed by atoms with van der Waals surface area (Å²) < 4.78 is 13.5. The van der Waals surface area contributed by atoms with E-state index in [0.29, 0.717) is 20.4 Å². The molecule has 1 atom stereocenters. The first-order valence-corrected chi connectivity index (χ1v) is 8.89. The number of carbonyl (C=O) groups is 1. The molecule has 8 heteroatoms. The van der Waals surface area contributed by atoms with Crippen molar-refractivity contribution in [3.05, 3.63) is 40.1 Å². The van der Waals surface area contributed by atoms with Crippen LogP contribution in [0.1, 0.15) is 29.9 Å². The van der Waals surface area contributed by atoms with Gasteiger partial charge in [-0.05, 0) is 38.5 Å². The normalized spacial score (nSPS) is 19.2. The van der Waals surface area contributed by atoms with Gasteiger partial charge in [0.05, 0.1) is 17.2 Å². The van der Waals surface area contributed by atoms with Gasteiger partial charge in [-0.15, -0.1) is 11.3 Å². The molecule has 1 saturated heterocycles. The van der Waals surface area contributed by atoms with Gasteiger partial charge in [0, 0.05) is 16.1 Å². The van der Waals surface area contributed by atoms with E-state index in [4.69, 9.17) is 23.8 Å². The molecular weight excluding hydrogens is 369 g/mol. The molecule has 1 aliphatic heterocycles. The highest BCUT2D eigenvalue weighted by atomic mass is 35.5. The van der Waals surface area contributed by atoms with Crippen LogP contribution in [0.4, 0.5) is 4.39 Å². The van der Waals surface area contributed by atoms with Crippen LogP contribution in [0.3, 0.4) is 0 Å². The van der Waals surface area contributed by atoms with Crippen molar-refractivity contribution in [1.82, 2.24) is 15.6 Å². The third kappa shape index (κ3) is 3.74. The molecule has 126 valence electrons. The van der Waals surface area contributed by atoms with Crippen LogP contribution in [-0.4, -0.2) is 27.5 Å². The van der Waals surface area contributed by atoms with Gasteiger partial charge in [0.1, 0.15) is 15.7 Å². The predicted molar refractivity (Wildman–Crippen MR) is 98.2 cm³/mol. The summed E-state index contributed by atoms with van der Waals surface area (Å²) in [5.74, 6) is -0.684. The van der Waals surface area contributed by atoms with Crippen molar-refractivity contribution in [2.45, 2.75) is 31.8 Å². The minimum Gasteiger partial charge on any atom is -0.373 e. The highest BCUT2D eigenvalue weighted by Crippen LogP contribution is 2.28. The van der Waals surface area contributed by atoms with Crippen molar-refractivity contribution in [1.29, 1.82) is 0 Å². The van der Waals surface area contributed by atoms with Gasteiger partial charge < -0.3 is 10.6 Å². The second-order valence-electron chi connectivity index (χ2n) is 6.29. The average molecular weight is 384 g/mol. The van der Waals surface area contributed by atoms with E-state index in [1.807, 2.05) is 13.8 Å². The molecule has 0 saturated carbocycles. The number of rotatable bonds is 3. The number of thiazole rings is 1. The molecule has 1 aromatic heterocycles. The maximum atomic E-state index is 13.5. The maximum absolute atomic E-state index is 13.5. The summed E-state index contributed by atoms with van der Waals surface area (Å²) in [5, 5.41) is 6.93. The number of aromatic nitrogens is 1. The first kappa shape index (κ1) is 17.3. The van der Waals surface area contributed by atoms with Gasteiger partial charge in [0.2, 0.25) is 0 Å². The summed E-state index contributed by atoms with van der Waals surface area (Å²) >= 11 is 12.3. The molecule has 0 spiro atoms. The van der Waals surface area contributed by atoms with E-state index in [2.05, 4.69) is 15.6 Å². The van der Waals surface area contributed by atoms with Crippen LogP contribution < -0.4 is 10.6 Å². The highest BCUT2D eigenvalue weighted by molar-refractivity contribution is 7.80. The monoisotopic (exact) mass is 383 g/mol. The van der Waals surface area contributed by atoms with Crippen LogP contribution in [0.5, 0.6) is 0 Å². The molecule has 0 aliphatic carbocycles. The summed E-state index contributed by atoms with van der Waals surface area (Å²) in [6.45, 7) is 4.06. The van der Waals surface area contributed by atoms with Crippen LogP contribution in [-0.2, 0) is 0 Å². The fourth-order valence-corrected chi connectivity index (χ4v) is 4.06. The molecule has 1 fully saturated rings. The average Bonchev–Trinajstić information content (AvgIpc) is 3.03. The lowest BCUT2D eigenvalue weighted by Crippen LogP contribution is -2.39. The number of nitrogens with one attached hydrogen (secondary N) is 2. The topological polar surface area (TPSA) is 54.0 Å². The van der Waals surface area contributed by atoms with Gasteiger partial charge in [-0.25, -0.2) is 9.37 Å². The molecule has 1 aromatic carbocycles. The maximum Gasteiger partial charge on any atom is 0.263 e. The largest absolute Gasteiger partial charge is 0.373 e. The van der Waals surface area contributed by atoms with Crippen molar-refractivity contribution in [2.24, 2.45) is 0 Å². The van der Waals surface area contributed by atoms with E-state index >= 15 is 0 Å². The fraction of sp³-hybridized carbons (Fsp3) is 0.312. The first-order valence-electron chi connectivity index (χ1n) is 7.29.